The predicted octanol–water partition coefficient (Wildman–Crippen LogP) is 2.76. The Kier molecular flexibility index (Phi) is 6.00. The smallest absolute Gasteiger partial charge is 0.225 e. The molecule has 1 aromatic rings. The minimum Gasteiger partial charge on any atom is -0.361 e. The Balaban J connectivity index is 1.94. The van der Waals surface area contributed by atoms with E-state index in [9.17, 15) is 4.79 Å². The number of hydrogen-bond donors (Lipinski definition) is 0. The van der Waals surface area contributed by atoms with E-state index in [1.165, 1.54) is 5.56 Å². The van der Waals surface area contributed by atoms with Gasteiger partial charge in [-0.05, 0) is 33.1 Å². The Bertz CT molecular complexity index is 475. The molecule has 5 heteroatoms. The van der Waals surface area contributed by atoms with Gasteiger partial charge in [0.05, 0.1) is 5.69 Å². The van der Waals surface area contributed by atoms with Gasteiger partial charge in [0, 0.05) is 44.2 Å². The molecule has 2 heterocycles. The van der Waals surface area contributed by atoms with Gasteiger partial charge in [0.1, 0.15) is 5.76 Å². The molecule has 1 aliphatic rings. The van der Waals surface area contributed by atoms with Crippen LogP contribution < -0.4 is 0 Å². The number of amides is 1. The van der Waals surface area contributed by atoms with E-state index in [1.54, 1.807) is 0 Å². The molecule has 1 fully saturated rings. The largest absolute Gasteiger partial charge is 0.361 e. The number of aryl methyl sites for hydroxylation is 2. The van der Waals surface area contributed by atoms with E-state index in [1.807, 2.05) is 13.8 Å². The van der Waals surface area contributed by atoms with Crippen molar-refractivity contribution in [1.82, 2.24) is 15.0 Å². The van der Waals surface area contributed by atoms with Crippen LogP contribution in [0.25, 0.3) is 0 Å². The first-order valence-electron chi connectivity index (χ1n) is 8.49. The van der Waals surface area contributed by atoms with Crippen LogP contribution in [0, 0.1) is 19.8 Å². The summed E-state index contributed by atoms with van der Waals surface area (Å²) < 4.78 is 5.25. The van der Waals surface area contributed by atoms with E-state index in [2.05, 4.69) is 28.8 Å². The summed E-state index contributed by atoms with van der Waals surface area (Å²) in [5.41, 5.74) is 2.17. The molecule has 1 amide bonds. The van der Waals surface area contributed by atoms with Crippen LogP contribution in [0.1, 0.15) is 50.1 Å². The Morgan fingerprint density at radius 1 is 1.18 bits per heavy atom. The predicted molar refractivity (Wildman–Crippen MR) is 86.5 cm³/mol. The van der Waals surface area contributed by atoms with E-state index >= 15 is 0 Å². The molecule has 1 aliphatic heterocycles. The average molecular weight is 307 g/mol. The summed E-state index contributed by atoms with van der Waals surface area (Å²) in [7, 11) is 0. The van der Waals surface area contributed by atoms with E-state index < -0.39 is 0 Å². The number of carbonyl (C=O) groups excluding carboxylic acids is 1. The van der Waals surface area contributed by atoms with Crippen molar-refractivity contribution in [1.29, 1.82) is 0 Å². The lowest BCUT2D eigenvalue weighted by Crippen LogP contribution is -2.38. The highest BCUT2D eigenvalue weighted by Gasteiger charge is 2.24. The van der Waals surface area contributed by atoms with E-state index in [-0.39, 0.29) is 5.92 Å². The Labute approximate surface area is 133 Å². The molecule has 0 radical (unpaired) electrons. The number of carbonyl (C=O) groups is 1. The van der Waals surface area contributed by atoms with Gasteiger partial charge < -0.3 is 9.42 Å². The molecule has 124 valence electrons. The molecule has 0 aliphatic carbocycles. The lowest BCUT2D eigenvalue weighted by atomic mass is 10.0. The van der Waals surface area contributed by atoms with Gasteiger partial charge in [-0.3, -0.25) is 9.69 Å². The van der Waals surface area contributed by atoms with Crippen LogP contribution >= 0.6 is 0 Å². The second kappa shape index (κ2) is 7.77. The highest BCUT2D eigenvalue weighted by atomic mass is 16.5. The molecule has 5 nitrogen and oxygen atoms in total. The van der Waals surface area contributed by atoms with Crippen molar-refractivity contribution in [3.63, 3.8) is 0 Å². The molecule has 1 aromatic heterocycles. The van der Waals surface area contributed by atoms with Gasteiger partial charge in [0.15, 0.2) is 0 Å². The third-order valence-corrected chi connectivity index (χ3v) is 4.80. The Hall–Kier alpha value is -1.36. The summed E-state index contributed by atoms with van der Waals surface area (Å²) >= 11 is 0. The van der Waals surface area contributed by atoms with Gasteiger partial charge in [0.2, 0.25) is 5.91 Å². The molecule has 0 saturated carbocycles. The topological polar surface area (TPSA) is 49.6 Å². The van der Waals surface area contributed by atoms with Crippen LogP contribution in [0.5, 0.6) is 0 Å². The molecular formula is C17H29N3O2. The van der Waals surface area contributed by atoms with Crippen molar-refractivity contribution in [2.24, 2.45) is 5.92 Å². The number of hydrogen-bond acceptors (Lipinski definition) is 4. The molecule has 0 aromatic carbocycles. The summed E-state index contributed by atoms with van der Waals surface area (Å²) in [5, 5.41) is 4.03. The SMILES string of the molecule is CCC(CC)C(=O)N1CCCN(Cc2c(C)noc2C)CC1. The molecule has 0 unspecified atom stereocenters. The van der Waals surface area contributed by atoms with Crippen LogP contribution in [-0.2, 0) is 11.3 Å². The van der Waals surface area contributed by atoms with Crippen LogP contribution in [0.4, 0.5) is 0 Å². The minimum atomic E-state index is 0.189. The maximum Gasteiger partial charge on any atom is 0.225 e. The lowest BCUT2D eigenvalue weighted by molar-refractivity contribution is -0.135. The second-order valence-electron chi connectivity index (χ2n) is 6.27. The van der Waals surface area contributed by atoms with Crippen molar-refractivity contribution in [3.05, 3.63) is 17.0 Å². The summed E-state index contributed by atoms with van der Waals surface area (Å²) in [6, 6.07) is 0. The molecule has 22 heavy (non-hydrogen) atoms. The van der Waals surface area contributed by atoms with Crippen molar-refractivity contribution in [2.45, 2.75) is 53.5 Å². The van der Waals surface area contributed by atoms with Crippen LogP contribution in [0.15, 0.2) is 4.52 Å². The zero-order valence-electron chi connectivity index (χ0n) is 14.4. The first-order chi connectivity index (χ1) is 10.6. The second-order valence-corrected chi connectivity index (χ2v) is 6.27. The fraction of sp³-hybridized carbons (Fsp3) is 0.765. The van der Waals surface area contributed by atoms with Gasteiger partial charge in [-0.2, -0.15) is 0 Å². The van der Waals surface area contributed by atoms with Crippen molar-refractivity contribution in [3.8, 4) is 0 Å². The molecule has 0 spiro atoms. The monoisotopic (exact) mass is 307 g/mol. The fourth-order valence-corrected chi connectivity index (χ4v) is 3.20. The Morgan fingerprint density at radius 3 is 2.50 bits per heavy atom. The summed E-state index contributed by atoms with van der Waals surface area (Å²) in [6.45, 7) is 12.7. The Morgan fingerprint density at radius 2 is 1.91 bits per heavy atom. The van der Waals surface area contributed by atoms with Gasteiger partial charge in [0.25, 0.3) is 0 Å². The number of aromatic nitrogens is 1. The van der Waals surface area contributed by atoms with Crippen LogP contribution in [-0.4, -0.2) is 47.0 Å². The summed E-state index contributed by atoms with van der Waals surface area (Å²) in [4.78, 5) is 17.0. The van der Waals surface area contributed by atoms with E-state index in [0.717, 1.165) is 63.4 Å². The fourth-order valence-electron chi connectivity index (χ4n) is 3.20. The van der Waals surface area contributed by atoms with Gasteiger partial charge in [-0.15, -0.1) is 0 Å². The van der Waals surface area contributed by atoms with Gasteiger partial charge in [-0.25, -0.2) is 0 Å². The maximum absolute atomic E-state index is 12.5. The summed E-state index contributed by atoms with van der Waals surface area (Å²) in [5.74, 6) is 1.44. The number of nitrogens with zero attached hydrogens (tertiary/aromatic N) is 3. The van der Waals surface area contributed by atoms with E-state index in [0.29, 0.717) is 5.91 Å². The van der Waals surface area contributed by atoms with Crippen molar-refractivity contribution < 1.29 is 9.32 Å². The molecule has 0 bridgehead atoms. The normalized spacial score (nSPS) is 17.0. The number of rotatable bonds is 5. The van der Waals surface area contributed by atoms with Crippen LogP contribution in [0.2, 0.25) is 0 Å². The van der Waals surface area contributed by atoms with Gasteiger partial charge >= 0.3 is 0 Å². The maximum atomic E-state index is 12.5. The van der Waals surface area contributed by atoms with Gasteiger partial charge in [-0.1, -0.05) is 19.0 Å². The lowest BCUT2D eigenvalue weighted by Gasteiger charge is -2.25. The molecule has 2 rings (SSSR count). The molecule has 0 atom stereocenters. The third kappa shape index (κ3) is 3.88. The zero-order valence-corrected chi connectivity index (χ0v) is 14.4. The minimum absolute atomic E-state index is 0.189. The standard InChI is InChI=1S/C17H29N3O2/c1-5-15(6-2)17(21)20-9-7-8-19(10-11-20)12-16-13(3)18-22-14(16)4/h15H,5-12H2,1-4H3. The molecule has 1 saturated heterocycles. The average Bonchev–Trinajstić information content (AvgIpc) is 2.71. The zero-order chi connectivity index (χ0) is 16.1. The van der Waals surface area contributed by atoms with Crippen molar-refractivity contribution >= 4 is 5.91 Å². The third-order valence-electron chi connectivity index (χ3n) is 4.80. The first-order valence-corrected chi connectivity index (χ1v) is 8.49. The van der Waals surface area contributed by atoms with E-state index in [4.69, 9.17) is 4.52 Å². The highest BCUT2D eigenvalue weighted by molar-refractivity contribution is 5.78. The quantitative estimate of drug-likeness (QED) is 0.839. The molecule has 0 N–H and O–H groups in total. The molecular weight excluding hydrogens is 278 g/mol. The van der Waals surface area contributed by atoms with Crippen LogP contribution in [0.3, 0.4) is 0 Å². The summed E-state index contributed by atoms with van der Waals surface area (Å²) in [6.07, 6.45) is 2.92. The first kappa shape index (κ1) is 17.0. The van der Waals surface area contributed by atoms with Crippen molar-refractivity contribution in [2.75, 3.05) is 26.2 Å². The highest BCUT2D eigenvalue weighted by Crippen LogP contribution is 2.18.